The van der Waals surface area contributed by atoms with E-state index in [-0.39, 0.29) is 5.54 Å². The average molecular weight is 283 g/mol. The van der Waals surface area contributed by atoms with Crippen molar-refractivity contribution in [1.29, 1.82) is 0 Å². The van der Waals surface area contributed by atoms with Gasteiger partial charge in [-0.25, -0.2) is 0 Å². The number of benzene rings is 1. The number of halogens is 1. The predicted octanol–water partition coefficient (Wildman–Crippen LogP) is 4.46. The molecule has 0 bridgehead atoms. The fourth-order valence-electron chi connectivity index (χ4n) is 1.93. The quantitative estimate of drug-likeness (QED) is 0.828. The molecule has 0 saturated carbocycles. The first-order valence-corrected chi connectivity index (χ1v) is 7.42. The van der Waals surface area contributed by atoms with Gasteiger partial charge in [0.2, 0.25) is 0 Å². The summed E-state index contributed by atoms with van der Waals surface area (Å²) in [5.41, 5.74) is 2.49. The van der Waals surface area contributed by atoms with Crippen molar-refractivity contribution in [3.8, 4) is 0 Å². The van der Waals surface area contributed by atoms with Gasteiger partial charge in [-0.3, -0.25) is 0 Å². The van der Waals surface area contributed by atoms with Gasteiger partial charge in [0.05, 0.1) is 10.7 Å². The summed E-state index contributed by atoms with van der Waals surface area (Å²) in [6.45, 7) is 11.9. The number of nitrogens with one attached hydrogen (secondary N) is 1. The van der Waals surface area contributed by atoms with Gasteiger partial charge in [0, 0.05) is 25.2 Å². The molecular weight excluding hydrogens is 256 g/mol. The zero-order valence-corrected chi connectivity index (χ0v) is 13.8. The fraction of sp³-hybridized carbons (Fsp3) is 0.625. The van der Waals surface area contributed by atoms with Gasteiger partial charge in [0.25, 0.3) is 0 Å². The first kappa shape index (κ1) is 16.3. The molecule has 0 saturated heterocycles. The van der Waals surface area contributed by atoms with Crippen molar-refractivity contribution in [2.24, 2.45) is 0 Å². The topological polar surface area (TPSA) is 15.3 Å². The van der Waals surface area contributed by atoms with Crippen LogP contribution in [0.5, 0.6) is 0 Å². The van der Waals surface area contributed by atoms with Crippen LogP contribution in [0.4, 0.5) is 5.69 Å². The van der Waals surface area contributed by atoms with Gasteiger partial charge in [-0.1, -0.05) is 44.5 Å². The third-order valence-electron chi connectivity index (χ3n) is 3.88. The first-order chi connectivity index (χ1) is 8.79. The third kappa shape index (κ3) is 4.12. The lowest BCUT2D eigenvalue weighted by molar-refractivity contribution is 0.468. The molecule has 3 heteroatoms. The van der Waals surface area contributed by atoms with Crippen LogP contribution in [-0.4, -0.2) is 18.6 Å². The molecule has 0 unspecified atom stereocenters. The van der Waals surface area contributed by atoms with E-state index in [4.69, 9.17) is 11.6 Å². The highest BCUT2D eigenvalue weighted by molar-refractivity contribution is 6.33. The van der Waals surface area contributed by atoms with Crippen LogP contribution in [0, 0.1) is 0 Å². The van der Waals surface area contributed by atoms with E-state index in [0.717, 1.165) is 23.7 Å². The van der Waals surface area contributed by atoms with E-state index in [1.807, 2.05) is 12.1 Å². The molecule has 0 radical (unpaired) electrons. The maximum absolute atomic E-state index is 6.43. The lowest BCUT2D eigenvalue weighted by Gasteiger charge is -2.38. The Morgan fingerprint density at radius 3 is 2.47 bits per heavy atom. The average Bonchev–Trinajstić information content (AvgIpc) is 2.35. The Labute approximate surface area is 123 Å². The Morgan fingerprint density at radius 1 is 1.32 bits per heavy atom. The smallest absolute Gasteiger partial charge is 0.0642 e. The van der Waals surface area contributed by atoms with Crippen molar-refractivity contribution < 1.29 is 0 Å². The minimum absolute atomic E-state index is 0.0948. The number of para-hydroxylation sites is 1. The molecule has 0 amide bonds. The van der Waals surface area contributed by atoms with Crippen molar-refractivity contribution in [2.75, 3.05) is 11.9 Å². The Kier molecular flexibility index (Phi) is 5.69. The first-order valence-electron chi connectivity index (χ1n) is 7.04. The van der Waals surface area contributed by atoms with Crippen molar-refractivity contribution in [3.63, 3.8) is 0 Å². The Hall–Kier alpha value is -0.730. The number of nitrogens with zero attached hydrogens (tertiary/aromatic N) is 1. The van der Waals surface area contributed by atoms with Crippen molar-refractivity contribution in [2.45, 2.75) is 59.2 Å². The van der Waals surface area contributed by atoms with E-state index in [0.29, 0.717) is 6.04 Å². The number of anilines is 1. The summed E-state index contributed by atoms with van der Waals surface area (Å²) in [5, 5.41) is 4.29. The van der Waals surface area contributed by atoms with E-state index in [9.17, 15) is 0 Å². The van der Waals surface area contributed by atoms with Crippen molar-refractivity contribution >= 4 is 17.3 Å². The SMILES string of the molecule is CCC(C)(C)N(C)c1c(Cl)cccc1CNC(C)C. The molecule has 0 aliphatic carbocycles. The maximum Gasteiger partial charge on any atom is 0.0642 e. The van der Waals surface area contributed by atoms with Crippen molar-refractivity contribution in [3.05, 3.63) is 28.8 Å². The highest BCUT2D eigenvalue weighted by atomic mass is 35.5. The van der Waals surface area contributed by atoms with Crippen LogP contribution in [0.15, 0.2) is 18.2 Å². The number of hydrogen-bond acceptors (Lipinski definition) is 2. The second kappa shape index (κ2) is 6.62. The molecule has 19 heavy (non-hydrogen) atoms. The van der Waals surface area contributed by atoms with Gasteiger partial charge in [0.15, 0.2) is 0 Å². The Morgan fingerprint density at radius 2 is 1.95 bits per heavy atom. The van der Waals surface area contributed by atoms with E-state index in [2.05, 4.69) is 57.9 Å². The maximum atomic E-state index is 6.43. The second-order valence-corrected chi connectivity index (χ2v) is 6.42. The normalized spacial score (nSPS) is 12.0. The van der Waals surface area contributed by atoms with Crippen LogP contribution in [0.25, 0.3) is 0 Å². The number of hydrogen-bond donors (Lipinski definition) is 1. The summed E-state index contributed by atoms with van der Waals surface area (Å²) in [4.78, 5) is 2.30. The van der Waals surface area contributed by atoms with E-state index in [1.54, 1.807) is 0 Å². The van der Waals surface area contributed by atoms with Crippen LogP contribution >= 0.6 is 11.6 Å². The summed E-state index contributed by atoms with van der Waals surface area (Å²) < 4.78 is 0. The van der Waals surface area contributed by atoms with Gasteiger partial charge in [-0.05, 0) is 31.9 Å². The molecule has 108 valence electrons. The Balaban J connectivity index is 3.10. The van der Waals surface area contributed by atoms with Gasteiger partial charge in [-0.2, -0.15) is 0 Å². The molecule has 1 aromatic carbocycles. The van der Waals surface area contributed by atoms with E-state index >= 15 is 0 Å². The molecule has 0 aromatic heterocycles. The predicted molar refractivity (Wildman–Crippen MR) is 86.2 cm³/mol. The largest absolute Gasteiger partial charge is 0.368 e. The van der Waals surface area contributed by atoms with E-state index < -0.39 is 0 Å². The van der Waals surface area contributed by atoms with Crippen LogP contribution in [0.1, 0.15) is 46.6 Å². The van der Waals surface area contributed by atoms with Crippen LogP contribution in [0.3, 0.4) is 0 Å². The van der Waals surface area contributed by atoms with Gasteiger partial charge < -0.3 is 10.2 Å². The van der Waals surface area contributed by atoms with Gasteiger partial charge in [0.1, 0.15) is 0 Å². The highest BCUT2D eigenvalue weighted by Crippen LogP contribution is 2.34. The molecule has 0 aliphatic rings. The van der Waals surface area contributed by atoms with Crippen LogP contribution in [0.2, 0.25) is 5.02 Å². The standard InChI is InChI=1S/C16H27ClN2/c1-7-16(4,5)19(6)15-13(11-18-12(2)3)9-8-10-14(15)17/h8-10,12,18H,7,11H2,1-6H3. The fourth-order valence-corrected chi connectivity index (χ4v) is 2.25. The Bertz CT molecular complexity index is 413. The minimum atomic E-state index is 0.0948. The monoisotopic (exact) mass is 282 g/mol. The van der Waals surface area contributed by atoms with Crippen LogP contribution < -0.4 is 10.2 Å². The summed E-state index contributed by atoms with van der Waals surface area (Å²) in [5.74, 6) is 0. The molecule has 0 aliphatic heterocycles. The van der Waals surface area contributed by atoms with Gasteiger partial charge >= 0.3 is 0 Å². The molecule has 2 nitrogen and oxygen atoms in total. The minimum Gasteiger partial charge on any atom is -0.368 e. The molecule has 0 spiro atoms. The summed E-state index contributed by atoms with van der Waals surface area (Å²) in [6, 6.07) is 6.61. The highest BCUT2D eigenvalue weighted by Gasteiger charge is 2.25. The summed E-state index contributed by atoms with van der Waals surface area (Å²) in [7, 11) is 2.13. The molecular formula is C16H27ClN2. The molecule has 1 N–H and O–H groups in total. The lowest BCUT2D eigenvalue weighted by atomic mass is 9.98. The zero-order valence-electron chi connectivity index (χ0n) is 13.0. The van der Waals surface area contributed by atoms with Crippen molar-refractivity contribution in [1.82, 2.24) is 5.32 Å². The lowest BCUT2D eigenvalue weighted by Crippen LogP contribution is -2.41. The summed E-state index contributed by atoms with van der Waals surface area (Å²) in [6.07, 6.45) is 1.08. The molecule has 0 heterocycles. The summed E-state index contributed by atoms with van der Waals surface area (Å²) >= 11 is 6.43. The molecule has 0 fully saturated rings. The van der Waals surface area contributed by atoms with Gasteiger partial charge in [-0.15, -0.1) is 0 Å². The molecule has 0 atom stereocenters. The number of rotatable bonds is 6. The van der Waals surface area contributed by atoms with Crippen LogP contribution in [-0.2, 0) is 6.54 Å². The molecule has 1 rings (SSSR count). The van der Waals surface area contributed by atoms with E-state index in [1.165, 1.54) is 5.56 Å². The zero-order chi connectivity index (χ0) is 14.6. The third-order valence-corrected chi connectivity index (χ3v) is 4.18. The second-order valence-electron chi connectivity index (χ2n) is 6.01. The molecule has 1 aromatic rings.